The van der Waals surface area contributed by atoms with Crippen molar-refractivity contribution in [3.8, 4) is 45.0 Å². The number of hydrogen-bond donors (Lipinski definition) is 0. The SMILES string of the molecule is CC(C)(C)c1ccc2c(c1)c1cc(C(C)(C)C)cc3c1n2-c1cc(-c2c[c-]c(-c4ccccn4)cc2)cc2c1B3c1cc(C(C)(C)C)cc3c4cc(C(C)(C)C)ccc4n-2c13.Cc1cnc(-c2[c-]cc(F)cc2)cc1C.[Ir]. The Bertz CT molecular complexity index is 3980. The fourth-order valence-electron chi connectivity index (χ4n) is 11.7. The Kier molecular flexibility index (Phi) is 12.4. The number of aryl methyl sites for hydroxylation is 2. The van der Waals surface area contributed by atoms with E-state index in [-0.39, 0.29) is 54.3 Å². The zero-order valence-electron chi connectivity index (χ0n) is 46.9. The van der Waals surface area contributed by atoms with Crippen LogP contribution in [0, 0.1) is 31.8 Å². The number of fused-ring (bicyclic) bond motifs is 10. The zero-order valence-corrected chi connectivity index (χ0v) is 49.3. The van der Waals surface area contributed by atoms with Crippen LogP contribution < -0.4 is 16.4 Å². The fraction of sp³-hybridized carbons (Fsp3) is 0.257. The van der Waals surface area contributed by atoms with Crippen LogP contribution in [0.15, 0.2) is 146 Å². The van der Waals surface area contributed by atoms with Gasteiger partial charge < -0.3 is 19.1 Å². The van der Waals surface area contributed by atoms with Crippen LogP contribution in [0.2, 0.25) is 0 Å². The van der Waals surface area contributed by atoms with Gasteiger partial charge in [0.05, 0.1) is 11.0 Å². The van der Waals surface area contributed by atoms with Gasteiger partial charge in [-0.25, -0.2) is 0 Å². The molecule has 1 radical (unpaired) electrons. The molecule has 0 spiro atoms. The van der Waals surface area contributed by atoms with Crippen molar-refractivity contribution in [3.05, 3.63) is 197 Å². The topological polar surface area (TPSA) is 35.6 Å². The Labute approximate surface area is 468 Å². The number of halogens is 1. The molecular formula is C70H66BFIrN4-2. The summed E-state index contributed by atoms with van der Waals surface area (Å²) in [5.74, 6) is -0.275. The van der Waals surface area contributed by atoms with Crippen LogP contribution in [-0.2, 0) is 41.8 Å². The van der Waals surface area contributed by atoms with Gasteiger partial charge in [0, 0.05) is 82.3 Å². The second-order valence-corrected chi connectivity index (χ2v) is 25.7. The maximum atomic E-state index is 12.7. The normalized spacial score (nSPS) is 13.0. The molecule has 387 valence electrons. The smallest absolute Gasteiger partial charge is 0.252 e. The third-order valence-electron chi connectivity index (χ3n) is 16.3. The third-order valence-corrected chi connectivity index (χ3v) is 16.3. The number of rotatable bonds is 3. The molecule has 2 aliphatic rings. The van der Waals surface area contributed by atoms with Gasteiger partial charge in [-0.3, -0.25) is 4.39 Å². The van der Waals surface area contributed by atoms with Crippen molar-refractivity contribution in [2.24, 2.45) is 0 Å². The minimum absolute atomic E-state index is 0. The van der Waals surface area contributed by atoms with E-state index in [4.69, 9.17) is 0 Å². The number of nitrogens with zero attached hydrogens (tertiary/aromatic N) is 4. The van der Waals surface area contributed by atoms with E-state index in [1.165, 1.54) is 117 Å². The molecule has 7 aromatic carbocycles. The van der Waals surface area contributed by atoms with Gasteiger partial charge >= 0.3 is 0 Å². The maximum Gasteiger partial charge on any atom is 0.252 e. The molecule has 0 aliphatic carbocycles. The van der Waals surface area contributed by atoms with E-state index in [0.717, 1.165) is 33.6 Å². The first-order valence-corrected chi connectivity index (χ1v) is 26.9. The number of pyridine rings is 2. The van der Waals surface area contributed by atoms with Gasteiger partial charge in [-0.05, 0) is 146 Å². The Morgan fingerprint density at radius 2 is 0.974 bits per heavy atom. The molecule has 77 heavy (non-hydrogen) atoms. The van der Waals surface area contributed by atoms with Gasteiger partial charge in [-0.2, -0.15) is 0 Å². The standard InChI is InChI=1S/C57H55BN3.C13H11FN.Ir/c1-54(2,3)36-20-22-47-40(27-36)42-29-38(56(7,8)9)31-44-52(42)60(47)49-25-35(33-16-18-34(19-17-33)46-15-13-14-24-59-46)26-50-51(49)58(44)45-32-39(57(10,11)12)30-43-41-28-37(55(4,5)6)21-23-48(41)61(50)53(43)45;1-9-7-13(15-8-10(9)2)11-3-5-12(14)6-4-11;/h13-18,20-32H,1-12H3;3,5-8H,1-2H3;/q2*-1;. The molecule has 0 atom stereocenters. The van der Waals surface area contributed by atoms with Crippen LogP contribution >= 0.6 is 0 Å². The van der Waals surface area contributed by atoms with E-state index in [0.29, 0.717) is 0 Å². The van der Waals surface area contributed by atoms with Crippen molar-refractivity contribution in [1.29, 1.82) is 0 Å². The van der Waals surface area contributed by atoms with E-state index in [1.54, 1.807) is 6.07 Å². The van der Waals surface area contributed by atoms with Crippen LogP contribution in [0.4, 0.5) is 4.39 Å². The van der Waals surface area contributed by atoms with E-state index in [2.05, 4.69) is 211 Å². The van der Waals surface area contributed by atoms with Crippen molar-refractivity contribution >= 4 is 66.7 Å². The molecule has 0 saturated heterocycles. The van der Waals surface area contributed by atoms with Crippen LogP contribution in [-0.4, -0.2) is 25.8 Å². The Morgan fingerprint density at radius 3 is 1.43 bits per heavy atom. The van der Waals surface area contributed by atoms with Crippen molar-refractivity contribution in [2.45, 2.75) is 119 Å². The minimum Gasteiger partial charge on any atom is -0.310 e. The van der Waals surface area contributed by atoms with Crippen LogP contribution in [0.5, 0.6) is 0 Å². The summed E-state index contributed by atoms with van der Waals surface area (Å²) < 4.78 is 17.9. The fourth-order valence-corrected chi connectivity index (χ4v) is 11.7. The van der Waals surface area contributed by atoms with Gasteiger partial charge in [0.2, 0.25) is 0 Å². The first-order chi connectivity index (χ1) is 35.9. The summed E-state index contributed by atoms with van der Waals surface area (Å²) in [6.07, 6.45) is 3.67. The molecule has 0 bridgehead atoms. The van der Waals surface area contributed by atoms with Gasteiger partial charge in [-0.1, -0.05) is 142 Å². The molecule has 0 fully saturated rings. The number of hydrogen-bond acceptors (Lipinski definition) is 2. The molecule has 2 aliphatic heterocycles. The van der Waals surface area contributed by atoms with E-state index >= 15 is 0 Å². The molecule has 0 unspecified atom stereocenters. The van der Waals surface area contributed by atoms with Crippen molar-refractivity contribution in [1.82, 2.24) is 19.1 Å². The van der Waals surface area contributed by atoms with Gasteiger partial charge in [0.15, 0.2) is 0 Å². The molecule has 4 aromatic heterocycles. The zero-order chi connectivity index (χ0) is 53.5. The Hall–Kier alpha value is -6.92. The van der Waals surface area contributed by atoms with E-state index in [9.17, 15) is 4.39 Å². The van der Waals surface area contributed by atoms with Gasteiger partial charge in [-0.15, -0.1) is 59.7 Å². The largest absolute Gasteiger partial charge is 0.310 e. The second-order valence-electron chi connectivity index (χ2n) is 25.7. The minimum atomic E-state index is -0.275. The predicted octanol–water partition coefficient (Wildman–Crippen LogP) is 16.0. The number of aromatic nitrogens is 4. The van der Waals surface area contributed by atoms with Crippen molar-refractivity contribution in [3.63, 3.8) is 0 Å². The second kappa shape index (κ2) is 18.4. The molecule has 0 amide bonds. The average Bonchev–Trinajstić information content (AvgIpc) is 4.08. The van der Waals surface area contributed by atoms with E-state index in [1.807, 2.05) is 44.4 Å². The van der Waals surface area contributed by atoms with Crippen molar-refractivity contribution < 1.29 is 24.5 Å². The third kappa shape index (κ3) is 8.79. The summed E-state index contributed by atoms with van der Waals surface area (Å²) in [6, 6.07) is 55.2. The molecule has 6 heterocycles. The van der Waals surface area contributed by atoms with Gasteiger partial charge in [0.25, 0.3) is 6.71 Å². The quantitative estimate of drug-likeness (QED) is 0.131. The molecule has 11 aromatic rings. The predicted molar refractivity (Wildman–Crippen MR) is 320 cm³/mol. The van der Waals surface area contributed by atoms with Crippen LogP contribution in [0.3, 0.4) is 0 Å². The summed E-state index contributed by atoms with van der Waals surface area (Å²) in [5.41, 5.74) is 25.6. The molecule has 4 nitrogen and oxygen atoms in total. The first kappa shape index (κ1) is 52.2. The molecule has 7 heteroatoms. The van der Waals surface area contributed by atoms with Crippen LogP contribution in [0.1, 0.15) is 116 Å². The average molecular weight is 1190 g/mol. The summed E-state index contributed by atoms with van der Waals surface area (Å²) in [6.45, 7) is 32.3. The molecule has 0 saturated carbocycles. The summed E-state index contributed by atoms with van der Waals surface area (Å²) in [4.78, 5) is 8.92. The van der Waals surface area contributed by atoms with Crippen molar-refractivity contribution in [2.75, 3.05) is 0 Å². The summed E-state index contributed by atoms with van der Waals surface area (Å²) in [5, 5.41) is 5.35. The summed E-state index contributed by atoms with van der Waals surface area (Å²) >= 11 is 0. The molecular weight excluding hydrogens is 1120 g/mol. The summed E-state index contributed by atoms with van der Waals surface area (Å²) in [7, 11) is 0. The Balaban J connectivity index is 0.000000340. The monoisotopic (exact) mass is 1190 g/mol. The Morgan fingerprint density at radius 1 is 0.468 bits per heavy atom. The first-order valence-electron chi connectivity index (χ1n) is 26.9. The molecule has 13 rings (SSSR count). The van der Waals surface area contributed by atoms with Crippen LogP contribution in [0.25, 0.3) is 88.6 Å². The van der Waals surface area contributed by atoms with E-state index < -0.39 is 0 Å². The molecule has 0 N–H and O–H groups in total. The maximum absolute atomic E-state index is 12.7. The number of benzene rings is 7. The van der Waals surface area contributed by atoms with Gasteiger partial charge in [0.1, 0.15) is 0 Å².